The second-order valence-corrected chi connectivity index (χ2v) is 4.32. The highest BCUT2D eigenvalue weighted by atomic mass is 16.5. The normalized spacial score (nSPS) is 11.0. The molecule has 0 aliphatic carbocycles. The molecule has 0 heterocycles. The van der Waals surface area contributed by atoms with Gasteiger partial charge in [-0.15, -0.1) is 0 Å². The summed E-state index contributed by atoms with van der Waals surface area (Å²) in [6, 6.07) is 10.1. The second-order valence-electron chi connectivity index (χ2n) is 4.32. The number of hydrogen-bond acceptors (Lipinski definition) is 2. The van der Waals surface area contributed by atoms with Gasteiger partial charge in [0.15, 0.2) is 0 Å². The van der Waals surface area contributed by atoms with E-state index >= 15 is 0 Å². The summed E-state index contributed by atoms with van der Waals surface area (Å²) in [5, 5.41) is 2.15. The van der Waals surface area contributed by atoms with E-state index in [4.69, 9.17) is 10.5 Å². The van der Waals surface area contributed by atoms with Gasteiger partial charge in [-0.25, -0.2) is 0 Å². The Bertz CT molecular complexity index is 517. The third-order valence-electron chi connectivity index (χ3n) is 2.62. The molecule has 0 amide bonds. The Morgan fingerprint density at radius 2 is 1.75 bits per heavy atom. The van der Waals surface area contributed by atoms with E-state index in [0.717, 1.165) is 27.8 Å². The van der Waals surface area contributed by atoms with Crippen molar-refractivity contribution in [3.05, 3.63) is 35.9 Å². The van der Waals surface area contributed by atoms with E-state index in [2.05, 4.69) is 0 Å². The molecule has 2 rings (SSSR count). The van der Waals surface area contributed by atoms with Crippen LogP contribution in [0.1, 0.15) is 19.4 Å². The zero-order valence-corrected chi connectivity index (χ0v) is 9.95. The van der Waals surface area contributed by atoms with Crippen molar-refractivity contribution in [2.24, 2.45) is 0 Å². The average molecular weight is 215 g/mol. The Kier molecular flexibility index (Phi) is 2.73. The maximum Gasteiger partial charge on any atom is 0.127 e. The summed E-state index contributed by atoms with van der Waals surface area (Å²) in [5.74, 6) is 0.914. The van der Waals surface area contributed by atoms with Crippen molar-refractivity contribution in [2.75, 3.05) is 5.73 Å². The molecule has 2 aromatic rings. The highest BCUT2D eigenvalue weighted by Gasteiger charge is 2.08. The van der Waals surface area contributed by atoms with Crippen LogP contribution in [-0.4, -0.2) is 6.10 Å². The van der Waals surface area contributed by atoms with Crippen molar-refractivity contribution < 1.29 is 4.74 Å². The molecule has 2 heteroatoms. The molecule has 0 spiro atoms. The van der Waals surface area contributed by atoms with E-state index < -0.39 is 0 Å². The summed E-state index contributed by atoms with van der Waals surface area (Å²) in [6.45, 7) is 6.07. The van der Waals surface area contributed by atoms with Crippen molar-refractivity contribution in [1.82, 2.24) is 0 Å². The summed E-state index contributed by atoms with van der Waals surface area (Å²) in [7, 11) is 0. The van der Waals surface area contributed by atoms with Gasteiger partial charge in [0.2, 0.25) is 0 Å². The van der Waals surface area contributed by atoms with Crippen LogP contribution in [0.25, 0.3) is 10.8 Å². The summed E-state index contributed by atoms with van der Waals surface area (Å²) in [5.41, 5.74) is 7.97. The summed E-state index contributed by atoms with van der Waals surface area (Å²) in [4.78, 5) is 0. The van der Waals surface area contributed by atoms with Crippen LogP contribution in [0.15, 0.2) is 30.3 Å². The van der Waals surface area contributed by atoms with Crippen molar-refractivity contribution in [3.63, 3.8) is 0 Å². The minimum atomic E-state index is 0.173. The fourth-order valence-electron chi connectivity index (χ4n) is 1.85. The minimum absolute atomic E-state index is 0.173. The SMILES string of the molecule is Cc1cc(OC(C)C)c2ccccc2c1N. The number of hydrogen-bond donors (Lipinski definition) is 1. The van der Waals surface area contributed by atoms with Gasteiger partial charge in [0, 0.05) is 16.5 Å². The topological polar surface area (TPSA) is 35.2 Å². The smallest absolute Gasteiger partial charge is 0.127 e. The van der Waals surface area contributed by atoms with Crippen LogP contribution in [0.2, 0.25) is 0 Å². The summed E-state index contributed by atoms with van der Waals surface area (Å²) < 4.78 is 5.81. The van der Waals surface area contributed by atoms with Crippen LogP contribution in [0.3, 0.4) is 0 Å². The zero-order valence-electron chi connectivity index (χ0n) is 9.95. The van der Waals surface area contributed by atoms with Crippen molar-refractivity contribution >= 4 is 16.5 Å². The lowest BCUT2D eigenvalue weighted by Gasteiger charge is -2.15. The van der Waals surface area contributed by atoms with Gasteiger partial charge in [-0.1, -0.05) is 24.3 Å². The van der Waals surface area contributed by atoms with Gasteiger partial charge in [0.05, 0.1) is 6.10 Å². The molecule has 0 bridgehead atoms. The molecule has 0 saturated carbocycles. The molecule has 0 saturated heterocycles. The molecule has 0 aliphatic heterocycles. The fraction of sp³-hybridized carbons (Fsp3) is 0.286. The maximum absolute atomic E-state index is 6.06. The number of aryl methyl sites for hydroxylation is 1. The Morgan fingerprint density at radius 1 is 1.12 bits per heavy atom. The lowest BCUT2D eigenvalue weighted by atomic mass is 10.0. The van der Waals surface area contributed by atoms with Crippen LogP contribution in [0.5, 0.6) is 5.75 Å². The lowest BCUT2D eigenvalue weighted by Crippen LogP contribution is -2.06. The third kappa shape index (κ3) is 1.83. The molecule has 0 aliphatic rings. The van der Waals surface area contributed by atoms with Crippen LogP contribution in [0, 0.1) is 6.92 Å². The predicted molar refractivity (Wildman–Crippen MR) is 68.9 cm³/mol. The number of anilines is 1. The molecule has 2 aromatic carbocycles. The van der Waals surface area contributed by atoms with E-state index in [1.807, 2.05) is 51.1 Å². The quantitative estimate of drug-likeness (QED) is 0.778. The van der Waals surface area contributed by atoms with Gasteiger partial charge in [-0.3, -0.25) is 0 Å². The van der Waals surface area contributed by atoms with Gasteiger partial charge in [0.25, 0.3) is 0 Å². The van der Waals surface area contributed by atoms with Crippen molar-refractivity contribution in [1.29, 1.82) is 0 Å². The Balaban J connectivity index is 2.69. The molecule has 0 atom stereocenters. The number of rotatable bonds is 2. The molecule has 2 nitrogen and oxygen atoms in total. The van der Waals surface area contributed by atoms with Crippen molar-refractivity contribution in [3.8, 4) is 5.75 Å². The highest BCUT2D eigenvalue weighted by molar-refractivity contribution is 5.98. The largest absolute Gasteiger partial charge is 0.490 e. The van der Waals surface area contributed by atoms with Crippen LogP contribution in [0.4, 0.5) is 5.69 Å². The zero-order chi connectivity index (χ0) is 11.7. The number of benzene rings is 2. The molecule has 16 heavy (non-hydrogen) atoms. The number of nitrogens with two attached hydrogens (primary N) is 1. The summed E-state index contributed by atoms with van der Waals surface area (Å²) >= 11 is 0. The number of ether oxygens (including phenoxy) is 1. The molecule has 0 radical (unpaired) electrons. The van der Waals surface area contributed by atoms with E-state index in [1.54, 1.807) is 0 Å². The van der Waals surface area contributed by atoms with Gasteiger partial charge in [-0.2, -0.15) is 0 Å². The third-order valence-corrected chi connectivity index (χ3v) is 2.62. The number of nitrogen functional groups attached to an aromatic ring is 1. The first-order valence-corrected chi connectivity index (χ1v) is 5.54. The molecule has 2 N–H and O–H groups in total. The van der Waals surface area contributed by atoms with Gasteiger partial charge < -0.3 is 10.5 Å². The second kappa shape index (κ2) is 4.05. The molecule has 0 aromatic heterocycles. The molecule has 0 unspecified atom stereocenters. The predicted octanol–water partition coefficient (Wildman–Crippen LogP) is 3.52. The molecule has 84 valence electrons. The van der Waals surface area contributed by atoms with Gasteiger partial charge >= 0.3 is 0 Å². The Labute approximate surface area is 96.0 Å². The highest BCUT2D eigenvalue weighted by Crippen LogP contribution is 2.33. The number of fused-ring (bicyclic) bond motifs is 1. The van der Waals surface area contributed by atoms with Crippen LogP contribution < -0.4 is 10.5 Å². The first-order valence-electron chi connectivity index (χ1n) is 5.54. The van der Waals surface area contributed by atoms with Crippen LogP contribution >= 0.6 is 0 Å². The minimum Gasteiger partial charge on any atom is -0.490 e. The standard InChI is InChI=1S/C14H17NO/c1-9(2)16-13-8-10(3)14(15)12-7-5-4-6-11(12)13/h4-9H,15H2,1-3H3. The fourth-order valence-corrected chi connectivity index (χ4v) is 1.85. The van der Waals surface area contributed by atoms with E-state index in [9.17, 15) is 0 Å². The first kappa shape index (κ1) is 10.8. The first-order chi connectivity index (χ1) is 7.59. The van der Waals surface area contributed by atoms with Gasteiger partial charge in [-0.05, 0) is 32.4 Å². The maximum atomic E-state index is 6.06. The van der Waals surface area contributed by atoms with Crippen LogP contribution in [-0.2, 0) is 0 Å². The van der Waals surface area contributed by atoms with Crippen molar-refractivity contribution in [2.45, 2.75) is 26.9 Å². The molecular formula is C14H17NO. The van der Waals surface area contributed by atoms with Gasteiger partial charge in [0.1, 0.15) is 5.75 Å². The molecule has 0 fully saturated rings. The Morgan fingerprint density at radius 3 is 2.38 bits per heavy atom. The Hall–Kier alpha value is -1.70. The monoisotopic (exact) mass is 215 g/mol. The summed E-state index contributed by atoms with van der Waals surface area (Å²) in [6.07, 6.45) is 0.173. The average Bonchev–Trinajstić information content (AvgIpc) is 2.25. The van der Waals surface area contributed by atoms with E-state index in [0.29, 0.717) is 0 Å². The van der Waals surface area contributed by atoms with E-state index in [1.165, 1.54) is 0 Å². The van der Waals surface area contributed by atoms with E-state index in [-0.39, 0.29) is 6.10 Å². The lowest BCUT2D eigenvalue weighted by molar-refractivity contribution is 0.245. The molecular weight excluding hydrogens is 198 g/mol.